The van der Waals surface area contributed by atoms with Crippen LogP contribution in [0.4, 0.5) is 0 Å². The van der Waals surface area contributed by atoms with Crippen molar-refractivity contribution in [3.8, 4) is 0 Å². The van der Waals surface area contributed by atoms with E-state index in [9.17, 15) is 4.79 Å². The Bertz CT molecular complexity index is 691. The van der Waals surface area contributed by atoms with Gasteiger partial charge in [0.25, 0.3) is 5.91 Å². The van der Waals surface area contributed by atoms with Gasteiger partial charge in [0, 0.05) is 24.6 Å². The van der Waals surface area contributed by atoms with Crippen LogP contribution in [0.1, 0.15) is 46.1 Å². The number of benzene rings is 1. The fourth-order valence-corrected chi connectivity index (χ4v) is 3.56. The number of hydrogen-bond donors (Lipinski definition) is 1. The van der Waals surface area contributed by atoms with Crippen LogP contribution in [-0.2, 0) is 17.8 Å². The molecule has 3 heterocycles. The van der Waals surface area contributed by atoms with Gasteiger partial charge in [-0.05, 0) is 36.5 Å². The summed E-state index contributed by atoms with van der Waals surface area (Å²) in [6.45, 7) is 2.85. The lowest BCUT2D eigenvalue weighted by atomic mass is 9.93. The maximum atomic E-state index is 12.9. The number of hydrogen-bond acceptors (Lipinski definition) is 4. The van der Waals surface area contributed by atoms with E-state index < -0.39 is 0 Å². The minimum atomic E-state index is 0.153. The third-order valence-corrected chi connectivity index (χ3v) is 4.86. The van der Waals surface area contributed by atoms with Gasteiger partial charge in [-0.25, -0.2) is 4.98 Å². The Morgan fingerprint density at radius 3 is 2.96 bits per heavy atom. The van der Waals surface area contributed by atoms with Crippen molar-refractivity contribution in [2.75, 3.05) is 19.7 Å². The molecule has 6 nitrogen and oxygen atoms in total. The van der Waals surface area contributed by atoms with Crippen LogP contribution >= 0.6 is 0 Å². The highest BCUT2D eigenvalue weighted by molar-refractivity contribution is 5.96. The van der Waals surface area contributed by atoms with Crippen LogP contribution in [-0.4, -0.2) is 45.7 Å². The molecule has 4 rings (SSSR count). The highest BCUT2D eigenvalue weighted by atomic mass is 16.5. The number of nitrogens with zero attached hydrogens (tertiary/aromatic N) is 3. The largest absolute Gasteiger partial charge is 0.376 e. The van der Waals surface area contributed by atoms with Crippen molar-refractivity contribution in [1.29, 1.82) is 0 Å². The zero-order valence-corrected chi connectivity index (χ0v) is 13.0. The second-order valence-corrected chi connectivity index (χ2v) is 6.18. The maximum Gasteiger partial charge on any atom is 0.254 e. The number of carbonyl (C=O) groups is 1. The monoisotopic (exact) mass is 312 g/mol. The summed E-state index contributed by atoms with van der Waals surface area (Å²) in [7, 11) is 0. The Morgan fingerprint density at radius 1 is 1.30 bits per heavy atom. The first-order valence-corrected chi connectivity index (χ1v) is 8.16. The van der Waals surface area contributed by atoms with Gasteiger partial charge in [0.15, 0.2) is 0 Å². The minimum Gasteiger partial charge on any atom is -0.376 e. The second-order valence-electron chi connectivity index (χ2n) is 6.18. The molecule has 6 heteroatoms. The molecule has 1 aromatic carbocycles. The van der Waals surface area contributed by atoms with Gasteiger partial charge >= 0.3 is 0 Å². The Labute approximate surface area is 134 Å². The lowest BCUT2D eigenvalue weighted by molar-refractivity contribution is 0.0704. The number of carbonyl (C=O) groups excluding carboxylic acids is 1. The van der Waals surface area contributed by atoms with Crippen LogP contribution in [0.25, 0.3) is 0 Å². The summed E-state index contributed by atoms with van der Waals surface area (Å²) in [4.78, 5) is 19.1. The molecule has 2 aliphatic rings. The Balaban J connectivity index is 1.48. The van der Waals surface area contributed by atoms with E-state index in [0.29, 0.717) is 19.1 Å². The first kappa shape index (κ1) is 14.4. The molecular weight excluding hydrogens is 292 g/mol. The number of aromatic nitrogens is 3. The third kappa shape index (κ3) is 2.74. The van der Waals surface area contributed by atoms with Crippen molar-refractivity contribution in [3.63, 3.8) is 0 Å². The number of H-pyrrole nitrogens is 1. The van der Waals surface area contributed by atoms with Crippen LogP contribution in [0.2, 0.25) is 0 Å². The second kappa shape index (κ2) is 6.12. The number of ether oxygens (including phenoxy) is 1. The molecule has 2 aliphatic heterocycles. The molecule has 23 heavy (non-hydrogen) atoms. The summed E-state index contributed by atoms with van der Waals surface area (Å²) in [5.41, 5.74) is 3.17. The Morgan fingerprint density at radius 2 is 2.17 bits per heavy atom. The summed E-state index contributed by atoms with van der Waals surface area (Å²) in [6.07, 6.45) is 4.23. The van der Waals surface area contributed by atoms with Crippen molar-refractivity contribution in [2.45, 2.75) is 31.8 Å². The van der Waals surface area contributed by atoms with Gasteiger partial charge in [0.2, 0.25) is 0 Å². The van der Waals surface area contributed by atoms with Crippen molar-refractivity contribution in [3.05, 3.63) is 47.0 Å². The number of piperidine rings is 1. The fourth-order valence-electron chi connectivity index (χ4n) is 3.56. The molecule has 0 spiro atoms. The highest BCUT2D eigenvalue weighted by Gasteiger charge is 2.28. The number of fused-ring (bicyclic) bond motifs is 1. The zero-order chi connectivity index (χ0) is 15.6. The van der Waals surface area contributed by atoms with Crippen LogP contribution in [0.3, 0.4) is 0 Å². The van der Waals surface area contributed by atoms with Crippen molar-refractivity contribution in [1.82, 2.24) is 20.1 Å². The van der Waals surface area contributed by atoms with Crippen LogP contribution < -0.4 is 0 Å². The molecular formula is C17H20N4O2. The minimum absolute atomic E-state index is 0.153. The lowest BCUT2D eigenvalue weighted by Gasteiger charge is -2.32. The van der Waals surface area contributed by atoms with Crippen LogP contribution in [0, 0.1) is 0 Å². The number of nitrogens with one attached hydrogen (secondary N) is 1. The molecule has 1 amide bonds. The fraction of sp³-hybridized carbons (Fsp3) is 0.471. The molecule has 0 saturated carbocycles. The molecule has 0 bridgehead atoms. The average molecular weight is 312 g/mol. The van der Waals surface area contributed by atoms with Crippen molar-refractivity contribution in [2.24, 2.45) is 0 Å². The van der Waals surface area contributed by atoms with Crippen LogP contribution in [0.15, 0.2) is 24.5 Å². The lowest BCUT2D eigenvalue weighted by Crippen LogP contribution is -2.38. The smallest absolute Gasteiger partial charge is 0.254 e. The van der Waals surface area contributed by atoms with E-state index >= 15 is 0 Å². The van der Waals surface area contributed by atoms with Gasteiger partial charge in [-0.1, -0.05) is 12.1 Å². The summed E-state index contributed by atoms with van der Waals surface area (Å²) < 4.78 is 5.49. The van der Waals surface area contributed by atoms with Gasteiger partial charge in [0.1, 0.15) is 12.2 Å². The van der Waals surface area contributed by atoms with Gasteiger partial charge in [-0.3, -0.25) is 9.89 Å². The Hall–Kier alpha value is -2.21. The summed E-state index contributed by atoms with van der Waals surface area (Å²) >= 11 is 0. The summed E-state index contributed by atoms with van der Waals surface area (Å²) in [5, 5.41) is 6.86. The molecule has 1 saturated heterocycles. The van der Waals surface area contributed by atoms with E-state index in [1.165, 1.54) is 5.56 Å². The SMILES string of the molecule is O=C(c1cccc2c1CCOC2)N1CCC(c2ncn[nH]2)CC1. The Kier molecular flexibility index (Phi) is 3.83. The predicted octanol–water partition coefficient (Wildman–Crippen LogP) is 1.90. The molecule has 0 unspecified atom stereocenters. The molecule has 0 atom stereocenters. The standard InChI is InChI=1S/C17H20N4O2/c22-17(15-3-1-2-13-10-23-9-6-14(13)15)21-7-4-12(5-8-21)16-18-11-19-20-16/h1-3,11-12H,4-10H2,(H,18,19,20). The van der Waals surface area contributed by atoms with E-state index in [1.54, 1.807) is 6.33 Å². The number of aromatic amines is 1. The third-order valence-electron chi connectivity index (χ3n) is 4.86. The average Bonchev–Trinajstić information content (AvgIpc) is 3.15. The van der Waals surface area contributed by atoms with E-state index in [2.05, 4.69) is 21.2 Å². The zero-order valence-electron chi connectivity index (χ0n) is 13.0. The van der Waals surface area contributed by atoms with Gasteiger partial charge in [-0.2, -0.15) is 5.10 Å². The number of likely N-dealkylation sites (tertiary alicyclic amines) is 1. The molecule has 0 radical (unpaired) electrons. The quantitative estimate of drug-likeness (QED) is 0.919. The first-order chi connectivity index (χ1) is 11.3. The normalized spacial score (nSPS) is 18.7. The van der Waals surface area contributed by atoms with E-state index in [0.717, 1.165) is 49.3 Å². The summed E-state index contributed by atoms with van der Waals surface area (Å²) in [6, 6.07) is 5.97. The molecule has 1 N–H and O–H groups in total. The van der Waals surface area contributed by atoms with Crippen molar-refractivity contribution >= 4 is 5.91 Å². The van der Waals surface area contributed by atoms with Gasteiger partial charge in [-0.15, -0.1) is 0 Å². The predicted molar refractivity (Wildman–Crippen MR) is 84.1 cm³/mol. The van der Waals surface area contributed by atoms with Gasteiger partial charge < -0.3 is 9.64 Å². The molecule has 0 aliphatic carbocycles. The highest BCUT2D eigenvalue weighted by Crippen LogP contribution is 2.28. The number of rotatable bonds is 2. The molecule has 2 aromatic rings. The van der Waals surface area contributed by atoms with E-state index in [4.69, 9.17) is 4.74 Å². The van der Waals surface area contributed by atoms with E-state index in [-0.39, 0.29) is 5.91 Å². The van der Waals surface area contributed by atoms with Gasteiger partial charge in [0.05, 0.1) is 13.2 Å². The maximum absolute atomic E-state index is 12.9. The topological polar surface area (TPSA) is 71.1 Å². The molecule has 120 valence electrons. The van der Waals surface area contributed by atoms with Crippen LogP contribution in [0.5, 0.6) is 0 Å². The molecule has 1 aromatic heterocycles. The number of amides is 1. The summed E-state index contributed by atoms with van der Waals surface area (Å²) in [5.74, 6) is 1.46. The molecule has 1 fully saturated rings. The van der Waals surface area contributed by atoms with Crippen molar-refractivity contribution < 1.29 is 9.53 Å². The van der Waals surface area contributed by atoms with E-state index in [1.807, 2.05) is 17.0 Å². The first-order valence-electron chi connectivity index (χ1n) is 8.16.